The SMILES string of the molecule is CCC[C@H](N[C@@H](C)C(=O)Nc1ccccc1F)c1ccccc1. The van der Waals surface area contributed by atoms with Gasteiger partial charge in [0.25, 0.3) is 0 Å². The first-order valence-electron chi connectivity index (χ1n) is 7.98. The van der Waals surface area contributed by atoms with Crippen LogP contribution in [-0.4, -0.2) is 11.9 Å². The molecule has 0 radical (unpaired) electrons. The number of benzene rings is 2. The highest BCUT2D eigenvalue weighted by Gasteiger charge is 2.19. The van der Waals surface area contributed by atoms with Gasteiger partial charge in [0, 0.05) is 6.04 Å². The van der Waals surface area contributed by atoms with E-state index in [4.69, 9.17) is 0 Å². The van der Waals surface area contributed by atoms with Crippen molar-refractivity contribution in [3.8, 4) is 0 Å². The number of rotatable bonds is 7. The van der Waals surface area contributed by atoms with Gasteiger partial charge in [-0.3, -0.25) is 10.1 Å². The molecule has 0 aliphatic carbocycles. The molecule has 2 N–H and O–H groups in total. The Morgan fingerprint density at radius 3 is 2.39 bits per heavy atom. The molecule has 122 valence electrons. The van der Waals surface area contributed by atoms with E-state index in [1.165, 1.54) is 6.07 Å². The lowest BCUT2D eigenvalue weighted by molar-refractivity contribution is -0.118. The Balaban J connectivity index is 2.02. The number of hydrogen-bond acceptors (Lipinski definition) is 2. The van der Waals surface area contributed by atoms with Gasteiger partial charge in [-0.1, -0.05) is 55.8 Å². The van der Waals surface area contributed by atoms with Gasteiger partial charge in [0.05, 0.1) is 11.7 Å². The van der Waals surface area contributed by atoms with E-state index in [-0.39, 0.29) is 17.6 Å². The van der Waals surface area contributed by atoms with Crippen LogP contribution in [0.1, 0.15) is 38.3 Å². The molecular formula is C19H23FN2O. The second-order valence-corrected chi connectivity index (χ2v) is 5.61. The first kappa shape index (κ1) is 17.2. The molecule has 3 nitrogen and oxygen atoms in total. The minimum Gasteiger partial charge on any atom is -0.322 e. The van der Waals surface area contributed by atoms with Crippen molar-refractivity contribution in [3.63, 3.8) is 0 Å². The van der Waals surface area contributed by atoms with Crippen LogP contribution in [0.5, 0.6) is 0 Å². The molecule has 2 aromatic rings. The topological polar surface area (TPSA) is 41.1 Å². The number of carbonyl (C=O) groups excluding carboxylic acids is 1. The summed E-state index contributed by atoms with van der Waals surface area (Å²) in [6.07, 6.45) is 1.94. The fraction of sp³-hybridized carbons (Fsp3) is 0.316. The van der Waals surface area contributed by atoms with E-state index < -0.39 is 11.9 Å². The van der Waals surface area contributed by atoms with Crippen molar-refractivity contribution < 1.29 is 9.18 Å². The third-order valence-corrected chi connectivity index (χ3v) is 3.76. The first-order valence-corrected chi connectivity index (χ1v) is 7.98. The molecule has 0 saturated carbocycles. The molecule has 2 rings (SSSR count). The Morgan fingerprint density at radius 1 is 1.09 bits per heavy atom. The number of carbonyl (C=O) groups is 1. The molecule has 0 spiro atoms. The minimum absolute atomic E-state index is 0.0996. The van der Waals surface area contributed by atoms with Crippen LogP contribution in [-0.2, 0) is 4.79 Å². The first-order chi connectivity index (χ1) is 11.1. The molecule has 2 atom stereocenters. The molecule has 0 aliphatic heterocycles. The van der Waals surface area contributed by atoms with Crippen molar-refractivity contribution in [2.75, 3.05) is 5.32 Å². The third kappa shape index (κ3) is 4.89. The summed E-state index contributed by atoms with van der Waals surface area (Å²) in [5, 5.41) is 5.97. The third-order valence-electron chi connectivity index (χ3n) is 3.76. The Labute approximate surface area is 136 Å². The molecule has 0 aromatic heterocycles. The standard InChI is InChI=1S/C19H23FN2O/c1-3-9-17(15-10-5-4-6-11-15)21-14(2)19(23)22-18-13-8-7-12-16(18)20/h4-8,10-14,17,21H,3,9H2,1-2H3,(H,22,23)/t14-,17-/m0/s1. The maximum absolute atomic E-state index is 13.6. The summed E-state index contributed by atoms with van der Waals surface area (Å²) in [6, 6.07) is 15.9. The maximum atomic E-state index is 13.6. The van der Waals surface area contributed by atoms with Gasteiger partial charge in [-0.05, 0) is 31.0 Å². The summed E-state index contributed by atoms with van der Waals surface area (Å²) in [4.78, 5) is 12.3. The summed E-state index contributed by atoms with van der Waals surface area (Å²) in [5.41, 5.74) is 1.36. The fourth-order valence-electron chi connectivity index (χ4n) is 2.50. The second kappa shape index (κ2) is 8.44. The number of halogens is 1. The summed E-state index contributed by atoms with van der Waals surface area (Å²) in [7, 11) is 0. The molecule has 0 heterocycles. The van der Waals surface area contributed by atoms with Crippen LogP contribution in [0.15, 0.2) is 54.6 Å². The zero-order chi connectivity index (χ0) is 16.7. The molecule has 2 aromatic carbocycles. The molecule has 0 saturated heterocycles. The average molecular weight is 314 g/mol. The summed E-state index contributed by atoms with van der Waals surface area (Å²) < 4.78 is 13.6. The van der Waals surface area contributed by atoms with E-state index in [2.05, 4.69) is 29.7 Å². The molecule has 0 aliphatic rings. The number of anilines is 1. The highest BCUT2D eigenvalue weighted by Crippen LogP contribution is 2.19. The van der Waals surface area contributed by atoms with Crippen LogP contribution in [0, 0.1) is 5.82 Å². The molecule has 0 fully saturated rings. The lowest BCUT2D eigenvalue weighted by Crippen LogP contribution is -2.40. The van der Waals surface area contributed by atoms with Crippen LogP contribution in [0.2, 0.25) is 0 Å². The molecule has 4 heteroatoms. The van der Waals surface area contributed by atoms with Crippen LogP contribution < -0.4 is 10.6 Å². The van der Waals surface area contributed by atoms with Gasteiger partial charge in [-0.25, -0.2) is 4.39 Å². The van der Waals surface area contributed by atoms with Crippen LogP contribution in [0.4, 0.5) is 10.1 Å². The van der Waals surface area contributed by atoms with Gasteiger partial charge < -0.3 is 5.32 Å². The Kier molecular flexibility index (Phi) is 6.29. The van der Waals surface area contributed by atoms with Crippen LogP contribution >= 0.6 is 0 Å². The number of para-hydroxylation sites is 1. The molecule has 1 amide bonds. The van der Waals surface area contributed by atoms with Crippen molar-refractivity contribution in [1.29, 1.82) is 0 Å². The fourth-order valence-corrected chi connectivity index (χ4v) is 2.50. The second-order valence-electron chi connectivity index (χ2n) is 5.61. The van der Waals surface area contributed by atoms with Gasteiger partial charge in [-0.2, -0.15) is 0 Å². The monoisotopic (exact) mass is 314 g/mol. The normalized spacial score (nSPS) is 13.3. The van der Waals surface area contributed by atoms with Crippen molar-refractivity contribution in [2.24, 2.45) is 0 Å². The van der Waals surface area contributed by atoms with Gasteiger partial charge in [0.15, 0.2) is 0 Å². The van der Waals surface area contributed by atoms with Gasteiger partial charge in [0.2, 0.25) is 5.91 Å². The van der Waals surface area contributed by atoms with E-state index >= 15 is 0 Å². The van der Waals surface area contributed by atoms with Gasteiger partial charge in [-0.15, -0.1) is 0 Å². The zero-order valence-electron chi connectivity index (χ0n) is 13.6. The number of hydrogen-bond donors (Lipinski definition) is 2. The lowest BCUT2D eigenvalue weighted by Gasteiger charge is -2.23. The Morgan fingerprint density at radius 2 is 1.74 bits per heavy atom. The Bertz CT molecular complexity index is 630. The highest BCUT2D eigenvalue weighted by molar-refractivity contribution is 5.94. The molecule has 23 heavy (non-hydrogen) atoms. The lowest BCUT2D eigenvalue weighted by atomic mass is 10.0. The van der Waals surface area contributed by atoms with Crippen LogP contribution in [0.3, 0.4) is 0 Å². The minimum atomic E-state index is -0.429. The summed E-state index contributed by atoms with van der Waals surface area (Å²) in [5.74, 6) is -0.673. The van der Waals surface area contributed by atoms with E-state index in [1.54, 1.807) is 25.1 Å². The van der Waals surface area contributed by atoms with Crippen molar-refractivity contribution in [2.45, 2.75) is 38.8 Å². The van der Waals surface area contributed by atoms with E-state index in [0.29, 0.717) is 0 Å². The quantitative estimate of drug-likeness (QED) is 0.800. The largest absolute Gasteiger partial charge is 0.322 e. The zero-order valence-corrected chi connectivity index (χ0v) is 13.6. The van der Waals surface area contributed by atoms with E-state index in [1.807, 2.05) is 18.2 Å². The van der Waals surface area contributed by atoms with Crippen molar-refractivity contribution in [3.05, 3.63) is 66.0 Å². The van der Waals surface area contributed by atoms with E-state index in [9.17, 15) is 9.18 Å². The maximum Gasteiger partial charge on any atom is 0.241 e. The number of nitrogens with one attached hydrogen (secondary N) is 2. The Hall–Kier alpha value is -2.20. The number of amides is 1. The summed E-state index contributed by atoms with van der Waals surface area (Å²) in [6.45, 7) is 3.91. The molecular weight excluding hydrogens is 291 g/mol. The van der Waals surface area contributed by atoms with Crippen molar-refractivity contribution >= 4 is 11.6 Å². The predicted molar refractivity (Wildman–Crippen MR) is 91.7 cm³/mol. The molecule has 0 bridgehead atoms. The van der Waals surface area contributed by atoms with Gasteiger partial charge in [0.1, 0.15) is 5.82 Å². The highest BCUT2D eigenvalue weighted by atomic mass is 19.1. The average Bonchev–Trinajstić information content (AvgIpc) is 2.57. The van der Waals surface area contributed by atoms with Gasteiger partial charge >= 0.3 is 0 Å². The van der Waals surface area contributed by atoms with E-state index in [0.717, 1.165) is 18.4 Å². The van der Waals surface area contributed by atoms with Crippen molar-refractivity contribution in [1.82, 2.24) is 5.32 Å². The van der Waals surface area contributed by atoms with Crippen LogP contribution in [0.25, 0.3) is 0 Å². The summed E-state index contributed by atoms with van der Waals surface area (Å²) >= 11 is 0. The predicted octanol–water partition coefficient (Wildman–Crippen LogP) is 4.28. The molecule has 0 unspecified atom stereocenters. The smallest absolute Gasteiger partial charge is 0.241 e.